The van der Waals surface area contributed by atoms with Crippen LogP contribution < -0.4 is 0 Å². The molecule has 2 rings (SSSR count). The van der Waals surface area contributed by atoms with Gasteiger partial charge in [-0.25, -0.2) is 0 Å². The zero-order chi connectivity index (χ0) is 12.0. The van der Waals surface area contributed by atoms with Gasteiger partial charge in [0.25, 0.3) is 0 Å². The first-order chi connectivity index (χ1) is 7.38. The number of hydrogen-bond acceptors (Lipinski definition) is 1. The maximum absolute atomic E-state index is 12.0. The molecular weight excluding hydrogens is 196 g/mol. The van der Waals surface area contributed by atoms with Gasteiger partial charge in [0.15, 0.2) is 0 Å². The summed E-state index contributed by atoms with van der Waals surface area (Å²) in [6.45, 7) is 8.61. The van der Waals surface area contributed by atoms with Crippen LogP contribution in [-0.4, -0.2) is 5.78 Å². The van der Waals surface area contributed by atoms with Crippen LogP contribution in [0.3, 0.4) is 0 Å². The number of carbonyl (C=O) groups is 1. The van der Waals surface area contributed by atoms with E-state index in [9.17, 15) is 4.79 Å². The van der Waals surface area contributed by atoms with Crippen LogP contribution in [0, 0.1) is 10.8 Å². The summed E-state index contributed by atoms with van der Waals surface area (Å²) in [6.07, 6.45) is 7.29. The number of ketones is 1. The molecule has 0 heterocycles. The van der Waals surface area contributed by atoms with Crippen LogP contribution >= 0.6 is 0 Å². The van der Waals surface area contributed by atoms with E-state index in [1.54, 1.807) is 12.5 Å². The third-order valence-electron chi connectivity index (χ3n) is 4.79. The van der Waals surface area contributed by atoms with Gasteiger partial charge in [0, 0.05) is 5.41 Å². The molecule has 1 unspecified atom stereocenters. The van der Waals surface area contributed by atoms with E-state index in [4.69, 9.17) is 0 Å². The van der Waals surface area contributed by atoms with E-state index in [0.29, 0.717) is 5.78 Å². The van der Waals surface area contributed by atoms with E-state index in [2.05, 4.69) is 20.8 Å². The van der Waals surface area contributed by atoms with Crippen LogP contribution in [0.1, 0.15) is 66.2 Å². The molecule has 2 aliphatic carbocycles. The molecule has 1 heteroatoms. The molecule has 2 aliphatic rings. The van der Waals surface area contributed by atoms with E-state index in [1.165, 1.54) is 37.7 Å². The van der Waals surface area contributed by atoms with Crippen LogP contribution in [0.15, 0.2) is 11.1 Å². The molecule has 0 saturated heterocycles. The Morgan fingerprint density at radius 3 is 2.19 bits per heavy atom. The number of rotatable bonds is 1. The highest BCUT2D eigenvalue weighted by atomic mass is 16.1. The lowest BCUT2D eigenvalue weighted by Gasteiger charge is -2.47. The fraction of sp³-hybridized carbons (Fsp3) is 0.800. The molecule has 0 saturated carbocycles. The predicted molar refractivity (Wildman–Crippen MR) is 67.3 cm³/mol. The molecule has 0 N–H and O–H groups in total. The highest BCUT2D eigenvalue weighted by molar-refractivity contribution is 5.86. The Morgan fingerprint density at radius 2 is 1.62 bits per heavy atom. The Balaban J connectivity index is 2.54. The zero-order valence-electron chi connectivity index (χ0n) is 11.2. The summed E-state index contributed by atoms with van der Waals surface area (Å²) in [4.78, 5) is 12.0. The number of hydrogen-bond donors (Lipinski definition) is 0. The highest BCUT2D eigenvalue weighted by Crippen LogP contribution is 2.54. The molecule has 1 nitrogen and oxygen atoms in total. The third kappa shape index (κ3) is 1.65. The molecule has 0 amide bonds. The predicted octanol–water partition coefficient (Wildman–Crippen LogP) is 4.27. The molecule has 0 aromatic rings. The van der Waals surface area contributed by atoms with Crippen molar-refractivity contribution in [2.75, 3.05) is 0 Å². The fourth-order valence-corrected chi connectivity index (χ4v) is 3.99. The fourth-order valence-electron chi connectivity index (χ4n) is 3.99. The van der Waals surface area contributed by atoms with Crippen LogP contribution in [0.5, 0.6) is 0 Å². The van der Waals surface area contributed by atoms with Crippen molar-refractivity contribution in [3.8, 4) is 0 Å². The molecule has 0 fully saturated rings. The summed E-state index contributed by atoms with van der Waals surface area (Å²) < 4.78 is 0. The quantitative estimate of drug-likeness (QED) is 0.603. The van der Waals surface area contributed by atoms with Gasteiger partial charge in [-0.15, -0.1) is 0 Å². The summed E-state index contributed by atoms with van der Waals surface area (Å²) >= 11 is 0. The molecule has 0 aromatic carbocycles. The Kier molecular flexibility index (Phi) is 2.76. The van der Waals surface area contributed by atoms with Gasteiger partial charge in [0.1, 0.15) is 5.78 Å². The molecule has 0 spiro atoms. The average molecular weight is 220 g/mol. The van der Waals surface area contributed by atoms with Crippen molar-refractivity contribution in [3.63, 3.8) is 0 Å². The molecule has 90 valence electrons. The van der Waals surface area contributed by atoms with Crippen molar-refractivity contribution in [1.29, 1.82) is 0 Å². The van der Waals surface area contributed by atoms with Crippen molar-refractivity contribution >= 4 is 5.78 Å². The second kappa shape index (κ2) is 3.72. The smallest absolute Gasteiger partial charge is 0.139 e. The zero-order valence-corrected chi connectivity index (χ0v) is 11.2. The monoisotopic (exact) mass is 220 g/mol. The van der Waals surface area contributed by atoms with E-state index < -0.39 is 0 Å². The van der Waals surface area contributed by atoms with E-state index in [0.717, 1.165) is 6.42 Å². The molecular formula is C15H24O. The van der Waals surface area contributed by atoms with Crippen LogP contribution in [0.4, 0.5) is 0 Å². The van der Waals surface area contributed by atoms with Crippen LogP contribution in [0.25, 0.3) is 0 Å². The van der Waals surface area contributed by atoms with Gasteiger partial charge in [0.05, 0.1) is 0 Å². The molecule has 0 radical (unpaired) electrons. The number of Topliss-reactive ketones (excluding diaryl/α,β-unsaturated/α-hetero) is 1. The van der Waals surface area contributed by atoms with Crippen molar-refractivity contribution in [3.05, 3.63) is 11.1 Å². The van der Waals surface area contributed by atoms with Gasteiger partial charge in [-0.2, -0.15) is 0 Å². The van der Waals surface area contributed by atoms with Gasteiger partial charge in [-0.05, 0) is 57.8 Å². The normalized spacial score (nSPS) is 33.5. The standard InChI is InChI=1S/C15H24O/c1-11(16)15(4)10-6-8-12-7-5-9-14(2,3)13(12)15/h5-10H2,1-4H3. The minimum absolute atomic E-state index is 0.155. The highest BCUT2D eigenvalue weighted by Gasteiger charge is 2.45. The van der Waals surface area contributed by atoms with Crippen LogP contribution in [0.2, 0.25) is 0 Å². The second-order valence-electron chi connectivity index (χ2n) is 6.46. The summed E-state index contributed by atoms with van der Waals surface area (Å²) in [6, 6.07) is 0. The average Bonchev–Trinajstić information content (AvgIpc) is 2.16. The van der Waals surface area contributed by atoms with Gasteiger partial charge in [-0.1, -0.05) is 25.0 Å². The second-order valence-corrected chi connectivity index (χ2v) is 6.46. The Morgan fingerprint density at radius 1 is 1.06 bits per heavy atom. The maximum atomic E-state index is 12.0. The van der Waals surface area contributed by atoms with Crippen molar-refractivity contribution in [1.82, 2.24) is 0 Å². The summed E-state index contributed by atoms with van der Waals surface area (Å²) in [5, 5.41) is 0. The van der Waals surface area contributed by atoms with E-state index in [1.807, 2.05) is 0 Å². The molecule has 0 aromatic heterocycles. The molecule has 16 heavy (non-hydrogen) atoms. The van der Waals surface area contributed by atoms with Gasteiger partial charge in [-0.3, -0.25) is 4.79 Å². The molecule has 0 bridgehead atoms. The van der Waals surface area contributed by atoms with Gasteiger partial charge < -0.3 is 0 Å². The van der Waals surface area contributed by atoms with E-state index >= 15 is 0 Å². The lowest BCUT2D eigenvalue weighted by Crippen LogP contribution is -2.40. The van der Waals surface area contributed by atoms with Crippen molar-refractivity contribution in [2.24, 2.45) is 10.8 Å². The third-order valence-corrected chi connectivity index (χ3v) is 4.79. The first kappa shape index (κ1) is 11.9. The Bertz CT molecular complexity index is 344. The lowest BCUT2D eigenvalue weighted by molar-refractivity contribution is -0.125. The first-order valence-corrected chi connectivity index (χ1v) is 6.62. The Hall–Kier alpha value is -0.590. The van der Waals surface area contributed by atoms with Crippen molar-refractivity contribution < 1.29 is 4.79 Å². The van der Waals surface area contributed by atoms with Gasteiger partial charge >= 0.3 is 0 Å². The summed E-state index contributed by atoms with van der Waals surface area (Å²) in [5.41, 5.74) is 3.21. The topological polar surface area (TPSA) is 17.1 Å². The maximum Gasteiger partial charge on any atom is 0.139 e. The van der Waals surface area contributed by atoms with Gasteiger partial charge in [0.2, 0.25) is 0 Å². The number of allylic oxidation sites excluding steroid dienone is 2. The minimum atomic E-state index is -0.155. The lowest BCUT2D eigenvalue weighted by atomic mass is 9.56. The van der Waals surface area contributed by atoms with Crippen LogP contribution in [-0.2, 0) is 4.79 Å². The minimum Gasteiger partial charge on any atom is -0.299 e. The largest absolute Gasteiger partial charge is 0.299 e. The molecule has 0 aliphatic heterocycles. The summed E-state index contributed by atoms with van der Waals surface area (Å²) in [7, 11) is 0. The Labute approximate surface area is 99.3 Å². The molecule has 1 atom stereocenters. The van der Waals surface area contributed by atoms with E-state index in [-0.39, 0.29) is 10.8 Å². The summed E-state index contributed by atoms with van der Waals surface area (Å²) in [5.74, 6) is 0.370. The first-order valence-electron chi connectivity index (χ1n) is 6.62. The number of carbonyl (C=O) groups excluding carboxylic acids is 1. The van der Waals surface area contributed by atoms with Crippen molar-refractivity contribution in [2.45, 2.75) is 66.2 Å². The SMILES string of the molecule is CC(=O)C1(C)CCCC2=C1C(C)(C)CCC2.